The molecule has 15 heavy (non-hydrogen) atoms. The molecule has 0 radical (unpaired) electrons. The van der Waals surface area contributed by atoms with Crippen molar-refractivity contribution in [3.8, 4) is 5.75 Å². The molecule has 0 saturated carbocycles. The van der Waals surface area contributed by atoms with Crippen LogP contribution in [-0.4, -0.2) is 18.5 Å². The number of aromatic nitrogens is 1. The van der Waals surface area contributed by atoms with Crippen LogP contribution in [0.25, 0.3) is 0 Å². The first-order valence-corrected chi connectivity index (χ1v) is 5.29. The van der Waals surface area contributed by atoms with Crippen molar-refractivity contribution in [2.75, 3.05) is 0 Å². The molecule has 0 aliphatic rings. The molecular weight excluding hydrogens is 230 g/mol. The quantitative estimate of drug-likeness (QED) is 0.792. The smallest absolute Gasteiger partial charge is 0.266 e. The fraction of sp³-hybridized carbons (Fsp3) is 0.286. The lowest BCUT2D eigenvalue weighted by Gasteiger charge is -2.09. The highest BCUT2D eigenvalue weighted by atomic mass is 32.2. The zero-order valence-electron chi connectivity index (χ0n) is 7.61. The van der Waals surface area contributed by atoms with Crippen LogP contribution in [-0.2, 0) is 10.0 Å². The molecule has 0 saturated heterocycles. The van der Waals surface area contributed by atoms with Crippen molar-refractivity contribution in [3.05, 3.63) is 17.5 Å². The van der Waals surface area contributed by atoms with E-state index in [0.29, 0.717) is 6.20 Å². The second-order valence-corrected chi connectivity index (χ2v) is 4.32. The van der Waals surface area contributed by atoms with E-state index in [-0.39, 0.29) is 5.69 Å². The maximum Gasteiger partial charge on any atom is 0.266 e. The number of nitrogens with two attached hydrogens (primary N) is 1. The minimum Gasteiger partial charge on any atom is -0.505 e. The predicted molar refractivity (Wildman–Crippen MR) is 47.0 cm³/mol. The van der Waals surface area contributed by atoms with Gasteiger partial charge in [0.2, 0.25) is 10.0 Å². The Morgan fingerprint density at radius 2 is 2.07 bits per heavy atom. The van der Waals surface area contributed by atoms with Crippen LogP contribution in [0.1, 0.15) is 17.7 Å². The summed E-state index contributed by atoms with van der Waals surface area (Å²) in [6, 6.07) is 0. The second kappa shape index (κ2) is 3.70. The fourth-order valence-electron chi connectivity index (χ4n) is 1.04. The van der Waals surface area contributed by atoms with Gasteiger partial charge in [-0.05, 0) is 6.92 Å². The molecule has 1 aromatic rings. The van der Waals surface area contributed by atoms with Crippen LogP contribution in [0.3, 0.4) is 0 Å². The topological polar surface area (TPSA) is 93.3 Å². The lowest BCUT2D eigenvalue weighted by molar-refractivity contribution is 0.146. The Bertz CT molecular complexity index is 487. The molecule has 0 unspecified atom stereocenters. The molecule has 0 bridgehead atoms. The molecule has 0 aromatic carbocycles. The van der Waals surface area contributed by atoms with E-state index in [0.717, 1.165) is 0 Å². The van der Waals surface area contributed by atoms with Crippen molar-refractivity contribution >= 4 is 10.0 Å². The van der Waals surface area contributed by atoms with Crippen LogP contribution in [0.2, 0.25) is 0 Å². The number of sulfonamides is 1. The summed E-state index contributed by atoms with van der Waals surface area (Å²) in [4.78, 5) is 2.46. The number of primary sulfonamides is 1. The molecule has 0 aliphatic heterocycles. The molecule has 84 valence electrons. The Kier molecular flexibility index (Phi) is 2.91. The van der Waals surface area contributed by atoms with E-state index in [1.807, 2.05) is 0 Å². The Hall–Kier alpha value is -1.28. The molecule has 0 atom stereocenters. The van der Waals surface area contributed by atoms with Crippen LogP contribution in [0, 0.1) is 6.92 Å². The maximum absolute atomic E-state index is 12.4. The summed E-state index contributed by atoms with van der Waals surface area (Å²) in [7, 11) is -4.40. The van der Waals surface area contributed by atoms with Crippen molar-refractivity contribution < 1.29 is 22.3 Å². The van der Waals surface area contributed by atoms with Gasteiger partial charge in [-0.3, -0.25) is 4.98 Å². The molecule has 0 fully saturated rings. The minimum absolute atomic E-state index is 0.0802. The average molecular weight is 238 g/mol. The third kappa shape index (κ3) is 2.21. The average Bonchev–Trinajstić information content (AvgIpc) is 2.06. The lowest BCUT2D eigenvalue weighted by Crippen LogP contribution is -2.16. The highest BCUT2D eigenvalue weighted by molar-refractivity contribution is 7.89. The lowest BCUT2D eigenvalue weighted by atomic mass is 10.2. The van der Waals surface area contributed by atoms with Crippen molar-refractivity contribution in [1.29, 1.82) is 0 Å². The Morgan fingerprint density at radius 1 is 1.53 bits per heavy atom. The van der Waals surface area contributed by atoms with Gasteiger partial charge in [-0.2, -0.15) is 0 Å². The molecular formula is C7H8F2N2O3S. The van der Waals surface area contributed by atoms with Crippen LogP contribution < -0.4 is 5.14 Å². The highest BCUT2D eigenvalue weighted by Crippen LogP contribution is 2.33. The van der Waals surface area contributed by atoms with Crippen LogP contribution in [0.15, 0.2) is 11.1 Å². The third-order valence-corrected chi connectivity index (χ3v) is 2.73. The van der Waals surface area contributed by atoms with Gasteiger partial charge in [-0.1, -0.05) is 0 Å². The third-order valence-electron chi connectivity index (χ3n) is 1.74. The molecule has 1 heterocycles. The van der Waals surface area contributed by atoms with Crippen LogP contribution in [0.4, 0.5) is 8.78 Å². The number of hydrogen-bond acceptors (Lipinski definition) is 4. The number of rotatable bonds is 2. The zero-order chi connectivity index (χ0) is 11.8. The van der Waals surface area contributed by atoms with E-state index in [1.165, 1.54) is 6.92 Å². The molecule has 1 aromatic heterocycles. The van der Waals surface area contributed by atoms with E-state index < -0.39 is 32.7 Å². The number of nitrogens with zero attached hydrogens (tertiary/aromatic N) is 1. The number of pyridine rings is 1. The Labute approximate surface area is 84.6 Å². The van der Waals surface area contributed by atoms with Gasteiger partial charge in [0, 0.05) is 6.20 Å². The number of aromatic hydroxyl groups is 1. The van der Waals surface area contributed by atoms with Crippen molar-refractivity contribution in [3.63, 3.8) is 0 Å². The number of aryl methyl sites for hydroxylation is 1. The first kappa shape index (κ1) is 11.8. The Balaban J connectivity index is 3.65. The maximum atomic E-state index is 12.4. The van der Waals surface area contributed by atoms with Gasteiger partial charge >= 0.3 is 0 Å². The molecule has 3 N–H and O–H groups in total. The van der Waals surface area contributed by atoms with Gasteiger partial charge in [0.05, 0.1) is 11.3 Å². The summed E-state index contributed by atoms with van der Waals surface area (Å²) < 4.78 is 46.8. The summed E-state index contributed by atoms with van der Waals surface area (Å²) in [6.07, 6.45) is -2.39. The van der Waals surface area contributed by atoms with E-state index in [2.05, 4.69) is 4.98 Å². The Morgan fingerprint density at radius 3 is 2.47 bits per heavy atom. The standard InChI is InChI=1S/C7H8F2N2O3S/c1-3-5(12)6(15(10,13)14)4(2-11-3)7(8)9/h2,7,12H,1H3,(H2,10,13,14). The summed E-state index contributed by atoms with van der Waals surface area (Å²) >= 11 is 0. The molecule has 8 heteroatoms. The van der Waals surface area contributed by atoms with Crippen molar-refractivity contribution in [2.24, 2.45) is 5.14 Å². The fourth-order valence-corrected chi connectivity index (χ4v) is 1.93. The van der Waals surface area contributed by atoms with Gasteiger partial charge in [-0.25, -0.2) is 22.3 Å². The van der Waals surface area contributed by atoms with E-state index in [4.69, 9.17) is 5.14 Å². The predicted octanol–water partition coefficient (Wildman–Crippen LogP) is 0.681. The first-order chi connectivity index (χ1) is 6.75. The summed E-state index contributed by atoms with van der Waals surface area (Å²) in [5.41, 5.74) is -0.982. The number of alkyl halides is 2. The molecule has 0 aliphatic carbocycles. The highest BCUT2D eigenvalue weighted by Gasteiger charge is 2.26. The summed E-state index contributed by atoms with van der Waals surface area (Å²) in [5, 5.41) is 14.0. The van der Waals surface area contributed by atoms with Gasteiger partial charge in [0.25, 0.3) is 6.43 Å². The SMILES string of the molecule is Cc1ncc(C(F)F)c(S(N)(=O)=O)c1O. The van der Waals surface area contributed by atoms with E-state index in [9.17, 15) is 22.3 Å². The van der Waals surface area contributed by atoms with Crippen LogP contribution >= 0.6 is 0 Å². The van der Waals surface area contributed by atoms with Crippen molar-refractivity contribution in [1.82, 2.24) is 4.98 Å². The normalized spacial score (nSPS) is 12.1. The first-order valence-electron chi connectivity index (χ1n) is 3.74. The summed E-state index contributed by atoms with van der Waals surface area (Å²) in [5.74, 6) is -0.838. The number of halogens is 2. The summed E-state index contributed by atoms with van der Waals surface area (Å²) in [6.45, 7) is 1.28. The number of hydrogen-bond donors (Lipinski definition) is 2. The molecule has 0 amide bonds. The zero-order valence-corrected chi connectivity index (χ0v) is 8.42. The van der Waals surface area contributed by atoms with Crippen LogP contribution in [0.5, 0.6) is 5.75 Å². The molecule has 0 spiro atoms. The van der Waals surface area contributed by atoms with Crippen molar-refractivity contribution in [2.45, 2.75) is 18.2 Å². The monoisotopic (exact) mass is 238 g/mol. The van der Waals surface area contributed by atoms with Gasteiger partial charge in [-0.15, -0.1) is 0 Å². The van der Waals surface area contributed by atoms with Gasteiger partial charge in [0.15, 0.2) is 5.75 Å². The van der Waals surface area contributed by atoms with Gasteiger partial charge < -0.3 is 5.11 Å². The minimum atomic E-state index is -4.40. The molecule has 1 rings (SSSR count). The van der Waals surface area contributed by atoms with Gasteiger partial charge in [0.1, 0.15) is 4.90 Å². The second-order valence-electron chi connectivity index (χ2n) is 2.82. The van der Waals surface area contributed by atoms with E-state index in [1.54, 1.807) is 0 Å². The largest absolute Gasteiger partial charge is 0.505 e. The van der Waals surface area contributed by atoms with E-state index >= 15 is 0 Å². The molecule has 5 nitrogen and oxygen atoms in total.